The maximum Gasteiger partial charge on any atom is 0.331 e. The lowest BCUT2D eigenvalue weighted by atomic mass is 9.93. The standard InChI is InChI=1S/C32H37NO5/c1-22-8-4-7-11-28(22)31(25-14-15-25)37-21-27(38-30(36)17-16-29(34)35)20-33-32(2,3)19-23-12-13-24-9-5-6-10-26(24)18-23/h4-13,16-18,25,27,31,33H,14-15,19-21H2,1-3H3,(H,34,35)/b17-16-/t27-,31-/m1/s1. The Kier molecular flexibility index (Phi) is 8.97. The summed E-state index contributed by atoms with van der Waals surface area (Å²) >= 11 is 0. The van der Waals surface area contributed by atoms with Gasteiger partial charge in [-0.2, -0.15) is 0 Å². The van der Waals surface area contributed by atoms with Gasteiger partial charge >= 0.3 is 11.9 Å². The molecule has 0 radical (unpaired) electrons. The van der Waals surface area contributed by atoms with E-state index in [2.05, 4.69) is 68.6 Å². The Morgan fingerprint density at radius 3 is 2.45 bits per heavy atom. The zero-order valence-corrected chi connectivity index (χ0v) is 22.4. The monoisotopic (exact) mass is 515 g/mol. The van der Waals surface area contributed by atoms with E-state index >= 15 is 0 Å². The van der Waals surface area contributed by atoms with Crippen molar-refractivity contribution in [2.24, 2.45) is 5.92 Å². The minimum atomic E-state index is -1.20. The molecule has 0 aliphatic heterocycles. The number of ether oxygens (including phenoxy) is 2. The molecule has 0 amide bonds. The minimum absolute atomic E-state index is 0.0578. The van der Waals surface area contributed by atoms with E-state index < -0.39 is 18.0 Å². The number of aliphatic carboxylic acids is 1. The lowest BCUT2D eigenvalue weighted by Gasteiger charge is -2.30. The highest BCUT2D eigenvalue weighted by Crippen LogP contribution is 2.44. The Morgan fingerprint density at radius 1 is 1.03 bits per heavy atom. The van der Waals surface area contributed by atoms with Gasteiger partial charge in [0.25, 0.3) is 0 Å². The number of nitrogens with one attached hydrogen (secondary N) is 1. The molecule has 4 rings (SSSR count). The number of esters is 1. The van der Waals surface area contributed by atoms with E-state index in [0.717, 1.165) is 37.0 Å². The number of carbonyl (C=O) groups excluding carboxylic acids is 1. The largest absolute Gasteiger partial charge is 0.478 e. The molecule has 3 aromatic rings. The first-order valence-electron chi connectivity index (χ1n) is 13.2. The third-order valence-corrected chi connectivity index (χ3v) is 6.92. The van der Waals surface area contributed by atoms with Gasteiger partial charge in [-0.1, -0.05) is 66.7 Å². The molecular formula is C32H37NO5. The van der Waals surface area contributed by atoms with Crippen molar-refractivity contribution in [3.05, 3.63) is 95.6 Å². The van der Waals surface area contributed by atoms with Crippen LogP contribution in [0.5, 0.6) is 0 Å². The van der Waals surface area contributed by atoms with E-state index in [0.29, 0.717) is 12.5 Å². The SMILES string of the molecule is Cc1ccccc1[C@H](OC[C@@H](CNC(C)(C)Cc1ccc2ccccc2c1)OC(=O)/C=C\C(=O)O)C1CC1. The zero-order chi connectivity index (χ0) is 27.1. The van der Waals surface area contributed by atoms with Crippen LogP contribution >= 0.6 is 0 Å². The van der Waals surface area contributed by atoms with E-state index in [4.69, 9.17) is 14.6 Å². The van der Waals surface area contributed by atoms with Gasteiger partial charge in [0.2, 0.25) is 0 Å². The quantitative estimate of drug-likeness (QED) is 0.222. The van der Waals surface area contributed by atoms with Gasteiger partial charge in [-0.15, -0.1) is 0 Å². The third kappa shape index (κ3) is 8.01. The number of rotatable bonds is 13. The lowest BCUT2D eigenvalue weighted by Crippen LogP contribution is -2.47. The van der Waals surface area contributed by atoms with Gasteiger partial charge in [-0.25, -0.2) is 9.59 Å². The summed E-state index contributed by atoms with van der Waals surface area (Å²) < 4.78 is 12.0. The molecule has 200 valence electrons. The minimum Gasteiger partial charge on any atom is -0.478 e. The van der Waals surface area contributed by atoms with Crippen LogP contribution in [0.3, 0.4) is 0 Å². The van der Waals surface area contributed by atoms with Crippen LogP contribution in [0, 0.1) is 12.8 Å². The predicted octanol–water partition coefficient (Wildman–Crippen LogP) is 5.78. The van der Waals surface area contributed by atoms with Crippen LogP contribution in [0.25, 0.3) is 10.8 Å². The van der Waals surface area contributed by atoms with Crippen molar-refractivity contribution in [2.75, 3.05) is 13.2 Å². The molecule has 1 saturated carbocycles. The van der Waals surface area contributed by atoms with Gasteiger partial charge in [-0.05, 0) is 73.4 Å². The van der Waals surface area contributed by atoms with Crippen molar-refractivity contribution in [3.8, 4) is 0 Å². The molecule has 1 aliphatic carbocycles. The Bertz CT molecular complexity index is 1290. The first kappa shape index (κ1) is 27.6. The summed E-state index contributed by atoms with van der Waals surface area (Å²) in [5.74, 6) is -1.44. The van der Waals surface area contributed by atoms with Crippen molar-refractivity contribution >= 4 is 22.7 Å². The summed E-state index contributed by atoms with van der Waals surface area (Å²) in [6, 6.07) is 23.0. The normalized spacial score (nSPS) is 15.4. The molecule has 2 atom stereocenters. The van der Waals surface area contributed by atoms with Crippen LogP contribution in [0.2, 0.25) is 0 Å². The van der Waals surface area contributed by atoms with Crippen molar-refractivity contribution in [1.29, 1.82) is 0 Å². The number of carboxylic acid groups (broad SMARTS) is 1. The van der Waals surface area contributed by atoms with Gasteiger partial charge in [0.1, 0.15) is 6.10 Å². The maximum atomic E-state index is 12.4. The van der Waals surface area contributed by atoms with Crippen LogP contribution in [-0.4, -0.2) is 41.8 Å². The molecule has 0 spiro atoms. The molecule has 0 bridgehead atoms. The van der Waals surface area contributed by atoms with Crippen molar-refractivity contribution in [3.63, 3.8) is 0 Å². The zero-order valence-electron chi connectivity index (χ0n) is 22.4. The van der Waals surface area contributed by atoms with Gasteiger partial charge in [0.05, 0.1) is 12.7 Å². The van der Waals surface area contributed by atoms with Crippen molar-refractivity contribution < 1.29 is 24.2 Å². The molecule has 2 N–H and O–H groups in total. The fraction of sp³-hybridized carbons (Fsp3) is 0.375. The first-order chi connectivity index (χ1) is 18.2. The average Bonchev–Trinajstić information content (AvgIpc) is 3.72. The summed E-state index contributed by atoms with van der Waals surface area (Å²) in [7, 11) is 0. The number of aryl methyl sites for hydroxylation is 1. The number of fused-ring (bicyclic) bond motifs is 1. The number of carboxylic acids is 1. The molecule has 0 heterocycles. The number of benzene rings is 3. The van der Waals surface area contributed by atoms with Gasteiger partial charge in [0, 0.05) is 24.2 Å². The smallest absolute Gasteiger partial charge is 0.331 e. The van der Waals surface area contributed by atoms with Gasteiger partial charge in [0.15, 0.2) is 0 Å². The average molecular weight is 516 g/mol. The van der Waals surface area contributed by atoms with Crippen molar-refractivity contribution in [2.45, 2.75) is 57.8 Å². The molecule has 3 aromatic carbocycles. The van der Waals surface area contributed by atoms with E-state index in [1.54, 1.807) is 0 Å². The van der Waals surface area contributed by atoms with Crippen LogP contribution in [0.4, 0.5) is 0 Å². The summed E-state index contributed by atoms with van der Waals surface area (Å²) in [5, 5.41) is 14.8. The Labute approximate surface area is 224 Å². The Balaban J connectivity index is 1.43. The predicted molar refractivity (Wildman–Crippen MR) is 149 cm³/mol. The van der Waals surface area contributed by atoms with Crippen LogP contribution in [0.1, 0.15) is 49.5 Å². The highest BCUT2D eigenvalue weighted by Gasteiger charge is 2.35. The number of hydrogen-bond donors (Lipinski definition) is 2. The molecule has 0 aromatic heterocycles. The lowest BCUT2D eigenvalue weighted by molar-refractivity contribution is -0.148. The Morgan fingerprint density at radius 2 is 1.74 bits per heavy atom. The fourth-order valence-corrected chi connectivity index (χ4v) is 4.78. The van der Waals surface area contributed by atoms with Crippen LogP contribution < -0.4 is 5.32 Å². The topological polar surface area (TPSA) is 84.9 Å². The highest BCUT2D eigenvalue weighted by molar-refractivity contribution is 5.90. The fourth-order valence-electron chi connectivity index (χ4n) is 4.78. The number of carbonyl (C=O) groups is 2. The summed E-state index contributed by atoms with van der Waals surface area (Å²) in [4.78, 5) is 23.2. The third-order valence-electron chi connectivity index (χ3n) is 6.92. The molecule has 38 heavy (non-hydrogen) atoms. The Hall–Kier alpha value is -3.48. The van der Waals surface area contributed by atoms with E-state index in [-0.39, 0.29) is 18.2 Å². The molecule has 6 heteroatoms. The van der Waals surface area contributed by atoms with Crippen LogP contribution in [-0.2, 0) is 25.5 Å². The summed E-state index contributed by atoms with van der Waals surface area (Å²) in [6.07, 6.45) is 4.10. The highest BCUT2D eigenvalue weighted by atomic mass is 16.6. The second kappa shape index (κ2) is 12.4. The summed E-state index contributed by atoms with van der Waals surface area (Å²) in [5.41, 5.74) is 3.27. The van der Waals surface area contributed by atoms with Crippen molar-refractivity contribution in [1.82, 2.24) is 5.32 Å². The second-order valence-corrected chi connectivity index (χ2v) is 10.8. The first-order valence-corrected chi connectivity index (χ1v) is 13.2. The maximum absolute atomic E-state index is 12.4. The molecule has 6 nitrogen and oxygen atoms in total. The van der Waals surface area contributed by atoms with Gasteiger partial charge < -0.3 is 19.9 Å². The van der Waals surface area contributed by atoms with Gasteiger partial charge in [-0.3, -0.25) is 0 Å². The van der Waals surface area contributed by atoms with Crippen LogP contribution in [0.15, 0.2) is 78.9 Å². The molecule has 0 unspecified atom stereocenters. The molecule has 0 saturated heterocycles. The molecule has 1 fully saturated rings. The second-order valence-electron chi connectivity index (χ2n) is 10.8. The molecular weight excluding hydrogens is 478 g/mol. The molecule has 1 aliphatic rings. The van der Waals surface area contributed by atoms with E-state index in [1.807, 2.05) is 24.3 Å². The van der Waals surface area contributed by atoms with E-state index in [1.165, 1.54) is 21.9 Å². The van der Waals surface area contributed by atoms with E-state index in [9.17, 15) is 9.59 Å². The number of hydrogen-bond acceptors (Lipinski definition) is 5. The summed E-state index contributed by atoms with van der Waals surface area (Å²) in [6.45, 7) is 6.90.